The van der Waals surface area contributed by atoms with Gasteiger partial charge in [0, 0.05) is 11.5 Å². The predicted molar refractivity (Wildman–Crippen MR) is 47.6 cm³/mol. The lowest BCUT2D eigenvalue weighted by molar-refractivity contribution is -0.143. The molecule has 1 heterocycles. The fourth-order valence-electron chi connectivity index (χ4n) is 1.02. The molecule has 0 aromatic heterocycles. The van der Waals surface area contributed by atoms with Crippen LogP contribution in [0.3, 0.4) is 0 Å². The van der Waals surface area contributed by atoms with Crippen molar-refractivity contribution in [3.8, 4) is 0 Å². The number of carbonyl (C=O) groups is 1. The summed E-state index contributed by atoms with van der Waals surface area (Å²) in [5.41, 5.74) is 8.09. The highest BCUT2D eigenvalue weighted by Gasteiger charge is 2.43. The van der Waals surface area contributed by atoms with Gasteiger partial charge in [0.15, 0.2) is 0 Å². The fourth-order valence-corrected chi connectivity index (χ4v) is 1.41. The number of carbonyl (C=O) groups excluding carboxylic acids is 1. The van der Waals surface area contributed by atoms with Crippen LogP contribution in [0.25, 0.3) is 10.4 Å². The number of thiol groups is 1. The van der Waals surface area contributed by atoms with Crippen molar-refractivity contribution < 1.29 is 4.79 Å². The van der Waals surface area contributed by atoms with Crippen molar-refractivity contribution in [2.24, 2.45) is 5.11 Å². The number of nitrogens with zero attached hydrogens (tertiary/aromatic N) is 4. The van der Waals surface area contributed by atoms with Gasteiger partial charge in [0.25, 0.3) is 0 Å². The molecule has 1 aliphatic rings. The smallest absolute Gasteiger partial charge is 0.235 e. The highest BCUT2D eigenvalue weighted by atomic mass is 32.1. The summed E-state index contributed by atoms with van der Waals surface area (Å²) in [4.78, 5) is 15.2. The van der Waals surface area contributed by atoms with Crippen molar-refractivity contribution >= 4 is 18.5 Å². The average Bonchev–Trinajstić information content (AvgIpc) is 2.10. The van der Waals surface area contributed by atoms with E-state index in [1.807, 2.05) is 0 Å². The first-order valence-electron chi connectivity index (χ1n) is 3.36. The number of rotatable bonds is 3. The number of amides is 1. The van der Waals surface area contributed by atoms with Crippen LogP contribution in [0.15, 0.2) is 17.8 Å². The van der Waals surface area contributed by atoms with E-state index in [1.54, 1.807) is 6.08 Å². The number of hydrogen-bond acceptors (Lipinski definition) is 3. The number of azide groups is 1. The van der Waals surface area contributed by atoms with E-state index in [9.17, 15) is 4.79 Å². The van der Waals surface area contributed by atoms with Gasteiger partial charge in [-0.05, 0) is 5.53 Å². The Morgan fingerprint density at radius 2 is 2.58 bits per heavy atom. The maximum Gasteiger partial charge on any atom is 0.235 e. The molecule has 5 nitrogen and oxygen atoms in total. The van der Waals surface area contributed by atoms with E-state index in [-0.39, 0.29) is 11.3 Å². The third kappa shape index (κ3) is 1.26. The Labute approximate surface area is 75.1 Å². The molecule has 1 fully saturated rings. The summed E-state index contributed by atoms with van der Waals surface area (Å²) < 4.78 is 0. The minimum absolute atomic E-state index is 0.187. The van der Waals surface area contributed by atoms with Gasteiger partial charge in [-0.1, -0.05) is 11.2 Å². The standard InChI is InChI=1S/C6H8N4OS/c1-2-3-10-5(11)4(6(10)12)8-9-7/h2,4,6,12H,1,3H2/t4-,6-/m1/s1. The van der Waals surface area contributed by atoms with E-state index >= 15 is 0 Å². The summed E-state index contributed by atoms with van der Waals surface area (Å²) in [6.45, 7) is 3.94. The van der Waals surface area contributed by atoms with Crippen molar-refractivity contribution in [2.45, 2.75) is 11.4 Å². The van der Waals surface area contributed by atoms with Crippen LogP contribution in [0.2, 0.25) is 0 Å². The van der Waals surface area contributed by atoms with E-state index in [1.165, 1.54) is 4.90 Å². The molecule has 0 aliphatic carbocycles. The monoisotopic (exact) mass is 184 g/mol. The maximum absolute atomic E-state index is 11.1. The summed E-state index contributed by atoms with van der Waals surface area (Å²) in [6.07, 6.45) is 1.60. The molecule has 0 radical (unpaired) electrons. The fraction of sp³-hybridized carbons (Fsp3) is 0.500. The zero-order valence-electron chi connectivity index (χ0n) is 6.29. The van der Waals surface area contributed by atoms with Crippen molar-refractivity contribution in [1.29, 1.82) is 0 Å². The van der Waals surface area contributed by atoms with Gasteiger partial charge < -0.3 is 4.90 Å². The molecule has 1 rings (SSSR count). The van der Waals surface area contributed by atoms with Gasteiger partial charge in [0.05, 0.1) is 5.37 Å². The van der Waals surface area contributed by atoms with E-state index in [4.69, 9.17) is 5.53 Å². The lowest BCUT2D eigenvalue weighted by Gasteiger charge is -2.41. The second-order valence-electron chi connectivity index (χ2n) is 2.34. The van der Waals surface area contributed by atoms with Crippen molar-refractivity contribution in [3.63, 3.8) is 0 Å². The number of hydrogen-bond donors (Lipinski definition) is 1. The van der Waals surface area contributed by atoms with Crippen LogP contribution in [0.4, 0.5) is 0 Å². The SMILES string of the molecule is C=CCN1C(=O)[C@@H](N=[N+]=[N-])[C@H]1S. The summed E-state index contributed by atoms with van der Waals surface area (Å²) in [5, 5.41) is 3.00. The van der Waals surface area contributed by atoms with E-state index in [2.05, 4.69) is 29.2 Å². The molecule has 12 heavy (non-hydrogen) atoms. The number of β-lactam (4-membered cyclic amide) rings is 1. The third-order valence-corrected chi connectivity index (χ3v) is 2.20. The summed E-state index contributed by atoms with van der Waals surface area (Å²) in [7, 11) is 0. The zero-order valence-corrected chi connectivity index (χ0v) is 7.19. The highest BCUT2D eigenvalue weighted by Crippen LogP contribution is 2.25. The van der Waals surface area contributed by atoms with E-state index in [0.29, 0.717) is 6.54 Å². The van der Waals surface area contributed by atoms with Crippen molar-refractivity contribution in [3.05, 3.63) is 23.1 Å². The van der Waals surface area contributed by atoms with E-state index in [0.717, 1.165) is 0 Å². The molecule has 1 saturated heterocycles. The van der Waals surface area contributed by atoms with Crippen LogP contribution in [-0.2, 0) is 4.79 Å². The molecule has 0 aromatic carbocycles. The summed E-state index contributed by atoms with van der Waals surface area (Å²) in [5.74, 6) is -0.187. The molecule has 0 N–H and O–H groups in total. The Bertz CT molecular complexity index is 260. The first kappa shape index (κ1) is 8.96. The third-order valence-electron chi connectivity index (χ3n) is 1.64. The Morgan fingerprint density at radius 1 is 1.92 bits per heavy atom. The molecule has 0 unspecified atom stereocenters. The van der Waals surface area contributed by atoms with Gasteiger partial charge in [0.2, 0.25) is 5.91 Å². The zero-order chi connectivity index (χ0) is 9.14. The Kier molecular flexibility index (Phi) is 2.62. The molecule has 64 valence electrons. The molecule has 1 amide bonds. The molecule has 0 saturated carbocycles. The molecule has 0 spiro atoms. The normalized spacial score (nSPS) is 27.4. The predicted octanol–water partition coefficient (Wildman–Crippen LogP) is 0.949. The van der Waals surface area contributed by atoms with Gasteiger partial charge in [0.1, 0.15) is 6.04 Å². The van der Waals surface area contributed by atoms with Crippen molar-refractivity contribution in [2.75, 3.05) is 6.54 Å². The molecule has 0 aromatic rings. The van der Waals surface area contributed by atoms with Gasteiger partial charge in [-0.15, -0.1) is 6.58 Å². The topological polar surface area (TPSA) is 69.1 Å². The molecular weight excluding hydrogens is 176 g/mol. The maximum atomic E-state index is 11.1. The molecule has 0 bridgehead atoms. The largest absolute Gasteiger partial charge is 0.326 e. The van der Waals surface area contributed by atoms with Gasteiger partial charge in [-0.25, -0.2) is 0 Å². The summed E-state index contributed by atoms with van der Waals surface area (Å²) >= 11 is 4.09. The van der Waals surface area contributed by atoms with Gasteiger partial charge in [-0.2, -0.15) is 12.6 Å². The van der Waals surface area contributed by atoms with Crippen LogP contribution in [0.1, 0.15) is 0 Å². The molecule has 2 atom stereocenters. The van der Waals surface area contributed by atoms with Crippen LogP contribution in [0.5, 0.6) is 0 Å². The highest BCUT2D eigenvalue weighted by molar-refractivity contribution is 7.81. The second-order valence-corrected chi connectivity index (χ2v) is 2.87. The van der Waals surface area contributed by atoms with Crippen LogP contribution in [0, 0.1) is 0 Å². The summed E-state index contributed by atoms with van der Waals surface area (Å²) in [6, 6.07) is -0.640. The van der Waals surface area contributed by atoms with Crippen molar-refractivity contribution in [1.82, 2.24) is 4.90 Å². The molecule has 6 heteroatoms. The Morgan fingerprint density at radius 3 is 3.00 bits per heavy atom. The minimum Gasteiger partial charge on any atom is -0.326 e. The number of likely N-dealkylation sites (tertiary alicyclic amines) is 1. The second kappa shape index (κ2) is 3.51. The Hall–Kier alpha value is -1.13. The van der Waals surface area contributed by atoms with Gasteiger partial charge >= 0.3 is 0 Å². The lowest BCUT2D eigenvalue weighted by Crippen LogP contribution is -2.60. The molecular formula is C6H8N4OS. The average molecular weight is 184 g/mol. The van der Waals surface area contributed by atoms with Crippen LogP contribution >= 0.6 is 12.6 Å². The quantitative estimate of drug-likeness (QED) is 0.174. The molecule has 1 aliphatic heterocycles. The first-order valence-corrected chi connectivity index (χ1v) is 3.87. The lowest BCUT2D eigenvalue weighted by atomic mass is 10.1. The first-order chi connectivity index (χ1) is 5.72. The van der Waals surface area contributed by atoms with E-state index < -0.39 is 6.04 Å². The minimum atomic E-state index is -0.640. The van der Waals surface area contributed by atoms with Crippen LogP contribution in [-0.4, -0.2) is 28.8 Å². The Balaban J connectivity index is 2.61. The van der Waals surface area contributed by atoms with Gasteiger partial charge in [-0.3, -0.25) is 4.79 Å². The van der Waals surface area contributed by atoms with Crippen LogP contribution < -0.4 is 0 Å².